The van der Waals surface area contributed by atoms with Crippen molar-refractivity contribution in [2.45, 2.75) is 77.6 Å². The van der Waals surface area contributed by atoms with Crippen molar-refractivity contribution in [3.63, 3.8) is 0 Å². The maximum absolute atomic E-state index is 2.57. The molecule has 0 aliphatic heterocycles. The van der Waals surface area contributed by atoms with Crippen LogP contribution in [-0.4, -0.2) is 0 Å². The van der Waals surface area contributed by atoms with Crippen molar-refractivity contribution in [3.8, 4) is 11.1 Å². The van der Waals surface area contributed by atoms with Crippen LogP contribution in [0.1, 0.15) is 79.7 Å². The summed E-state index contributed by atoms with van der Waals surface area (Å²) in [5.74, 6) is 0. The zero-order valence-corrected chi connectivity index (χ0v) is 18.9. The van der Waals surface area contributed by atoms with Crippen LogP contribution >= 0.6 is 0 Å². The van der Waals surface area contributed by atoms with Crippen LogP contribution in [-0.2, 0) is 11.8 Å². The summed E-state index contributed by atoms with van der Waals surface area (Å²) in [6.07, 6.45) is 15.5. The van der Waals surface area contributed by atoms with Gasteiger partial charge in [0.15, 0.2) is 0 Å². The van der Waals surface area contributed by atoms with Gasteiger partial charge in [0.1, 0.15) is 0 Å². The molecule has 0 aromatic heterocycles. The SMILES string of the molecule is CCCCCCCC[C@]12C=CCc3c(C)ccc(c31)-c1c2cc(C)c2ccccc12. The molecule has 5 rings (SSSR count). The van der Waals surface area contributed by atoms with E-state index in [1.165, 1.54) is 78.0 Å². The molecule has 154 valence electrons. The molecule has 0 saturated heterocycles. The Labute approximate surface area is 182 Å². The van der Waals surface area contributed by atoms with Gasteiger partial charge in [-0.15, -0.1) is 0 Å². The van der Waals surface area contributed by atoms with E-state index in [1.54, 1.807) is 16.7 Å². The van der Waals surface area contributed by atoms with Gasteiger partial charge in [-0.3, -0.25) is 0 Å². The van der Waals surface area contributed by atoms with Gasteiger partial charge >= 0.3 is 0 Å². The Bertz CT molecular complexity index is 1130. The lowest BCUT2D eigenvalue weighted by Gasteiger charge is -2.34. The van der Waals surface area contributed by atoms with Gasteiger partial charge in [-0.25, -0.2) is 0 Å². The maximum Gasteiger partial charge on any atom is 0.0397 e. The fourth-order valence-electron chi connectivity index (χ4n) is 6.14. The second kappa shape index (κ2) is 7.73. The molecule has 0 spiro atoms. The summed E-state index contributed by atoms with van der Waals surface area (Å²) in [6, 6.07) is 16.3. The van der Waals surface area contributed by atoms with Crippen molar-refractivity contribution in [2.75, 3.05) is 0 Å². The van der Waals surface area contributed by atoms with Crippen LogP contribution in [0.15, 0.2) is 54.6 Å². The van der Waals surface area contributed by atoms with Crippen LogP contribution in [0.5, 0.6) is 0 Å². The summed E-state index contributed by atoms with van der Waals surface area (Å²) < 4.78 is 0. The van der Waals surface area contributed by atoms with Gasteiger partial charge in [-0.1, -0.05) is 100 Å². The molecule has 0 heteroatoms. The van der Waals surface area contributed by atoms with Gasteiger partial charge in [0.2, 0.25) is 0 Å². The summed E-state index contributed by atoms with van der Waals surface area (Å²) in [7, 11) is 0. The van der Waals surface area contributed by atoms with Crippen LogP contribution in [0.2, 0.25) is 0 Å². The highest BCUT2D eigenvalue weighted by Crippen LogP contribution is 2.57. The highest BCUT2D eigenvalue weighted by Gasteiger charge is 2.44. The Morgan fingerprint density at radius 3 is 2.43 bits per heavy atom. The number of rotatable bonds is 7. The molecular weight excluding hydrogens is 360 g/mol. The smallest absolute Gasteiger partial charge is 0.0397 e. The average Bonchev–Trinajstić information content (AvgIpc) is 3.04. The van der Waals surface area contributed by atoms with E-state index in [4.69, 9.17) is 0 Å². The minimum atomic E-state index is 0.0732. The van der Waals surface area contributed by atoms with Crippen molar-refractivity contribution in [3.05, 3.63) is 82.4 Å². The molecule has 0 fully saturated rings. The first kappa shape index (κ1) is 19.6. The molecule has 1 atom stereocenters. The zero-order chi connectivity index (χ0) is 20.7. The average molecular weight is 395 g/mol. The second-order valence-corrected chi connectivity index (χ2v) is 9.54. The molecule has 0 radical (unpaired) electrons. The van der Waals surface area contributed by atoms with Crippen LogP contribution in [0.3, 0.4) is 0 Å². The van der Waals surface area contributed by atoms with Gasteiger partial charge < -0.3 is 0 Å². The Morgan fingerprint density at radius 1 is 0.833 bits per heavy atom. The van der Waals surface area contributed by atoms with Crippen LogP contribution in [0.25, 0.3) is 21.9 Å². The van der Waals surface area contributed by atoms with E-state index in [2.05, 4.69) is 75.4 Å². The molecule has 0 heterocycles. The summed E-state index contributed by atoms with van der Waals surface area (Å²) in [5, 5.41) is 2.84. The predicted molar refractivity (Wildman–Crippen MR) is 130 cm³/mol. The van der Waals surface area contributed by atoms with E-state index in [-0.39, 0.29) is 5.41 Å². The molecule has 0 unspecified atom stereocenters. The van der Waals surface area contributed by atoms with E-state index >= 15 is 0 Å². The van der Waals surface area contributed by atoms with Crippen LogP contribution in [0.4, 0.5) is 0 Å². The number of aryl methyl sites for hydroxylation is 2. The van der Waals surface area contributed by atoms with E-state index < -0.39 is 0 Å². The minimum Gasteiger partial charge on any atom is -0.0829 e. The fourth-order valence-corrected chi connectivity index (χ4v) is 6.14. The van der Waals surface area contributed by atoms with Gasteiger partial charge in [-0.2, -0.15) is 0 Å². The molecule has 0 saturated carbocycles. The minimum absolute atomic E-state index is 0.0732. The Balaban J connectivity index is 1.66. The molecule has 30 heavy (non-hydrogen) atoms. The number of hydrogen-bond donors (Lipinski definition) is 0. The third kappa shape index (κ3) is 2.88. The van der Waals surface area contributed by atoms with Gasteiger partial charge in [0.25, 0.3) is 0 Å². The normalized spacial score (nSPS) is 18.6. The standard InChI is InChI=1S/C30H34/c1-4-5-6-7-8-11-18-30-19-12-15-24-21(2)16-17-26(29(24)30)28-25-14-10-9-13-23(25)22(3)20-27(28)30/h9-10,12-14,16-17,19-20H,4-8,11,15,18H2,1-3H3/t30-/m1/s1. The Morgan fingerprint density at radius 2 is 1.60 bits per heavy atom. The highest BCUT2D eigenvalue weighted by molar-refractivity contribution is 6.04. The second-order valence-electron chi connectivity index (χ2n) is 9.54. The lowest BCUT2D eigenvalue weighted by Crippen LogP contribution is -2.27. The molecule has 0 bridgehead atoms. The first-order chi connectivity index (χ1) is 14.7. The monoisotopic (exact) mass is 394 g/mol. The van der Waals surface area contributed by atoms with Crippen molar-refractivity contribution in [1.82, 2.24) is 0 Å². The van der Waals surface area contributed by atoms with Crippen molar-refractivity contribution in [1.29, 1.82) is 0 Å². The van der Waals surface area contributed by atoms with Crippen LogP contribution in [0, 0.1) is 13.8 Å². The molecule has 2 aliphatic rings. The van der Waals surface area contributed by atoms with Gasteiger partial charge in [-0.05, 0) is 76.4 Å². The number of fused-ring (bicyclic) bond motifs is 5. The van der Waals surface area contributed by atoms with Crippen molar-refractivity contribution in [2.24, 2.45) is 0 Å². The summed E-state index contributed by atoms with van der Waals surface area (Å²) in [4.78, 5) is 0. The predicted octanol–water partition coefficient (Wildman–Crippen LogP) is 8.59. The summed E-state index contributed by atoms with van der Waals surface area (Å²) in [5.41, 5.74) is 10.7. The van der Waals surface area contributed by atoms with E-state index in [9.17, 15) is 0 Å². The first-order valence-corrected chi connectivity index (χ1v) is 12.0. The van der Waals surface area contributed by atoms with Crippen molar-refractivity contribution < 1.29 is 0 Å². The molecule has 3 aromatic carbocycles. The number of unbranched alkanes of at least 4 members (excludes halogenated alkanes) is 5. The quantitative estimate of drug-likeness (QED) is 0.278. The molecule has 3 aromatic rings. The lowest BCUT2D eigenvalue weighted by molar-refractivity contribution is 0.511. The third-order valence-corrected chi connectivity index (χ3v) is 7.64. The molecular formula is C30H34. The largest absolute Gasteiger partial charge is 0.0829 e. The van der Waals surface area contributed by atoms with E-state index in [0.29, 0.717) is 0 Å². The lowest BCUT2D eigenvalue weighted by atomic mass is 9.68. The van der Waals surface area contributed by atoms with Crippen molar-refractivity contribution >= 4 is 10.8 Å². The Hall–Kier alpha value is -2.34. The maximum atomic E-state index is 2.57. The number of allylic oxidation sites excluding steroid dienone is 2. The van der Waals surface area contributed by atoms with Gasteiger partial charge in [0, 0.05) is 5.41 Å². The van der Waals surface area contributed by atoms with E-state index in [0.717, 1.165) is 6.42 Å². The third-order valence-electron chi connectivity index (χ3n) is 7.64. The number of hydrogen-bond acceptors (Lipinski definition) is 0. The summed E-state index contributed by atoms with van der Waals surface area (Å²) >= 11 is 0. The fraction of sp³-hybridized carbons (Fsp3) is 0.400. The van der Waals surface area contributed by atoms with Crippen LogP contribution < -0.4 is 0 Å². The Kier molecular flexibility index (Phi) is 5.05. The first-order valence-electron chi connectivity index (χ1n) is 12.0. The van der Waals surface area contributed by atoms with E-state index in [1.807, 2.05) is 0 Å². The molecule has 2 aliphatic carbocycles. The zero-order valence-electron chi connectivity index (χ0n) is 18.9. The van der Waals surface area contributed by atoms with Gasteiger partial charge in [0.05, 0.1) is 0 Å². The summed E-state index contributed by atoms with van der Waals surface area (Å²) in [6.45, 7) is 6.90. The highest BCUT2D eigenvalue weighted by atomic mass is 14.5. The number of benzene rings is 3. The topological polar surface area (TPSA) is 0 Å². The molecule has 0 N–H and O–H groups in total. The molecule has 0 amide bonds. The molecule has 0 nitrogen and oxygen atoms in total.